The van der Waals surface area contributed by atoms with Gasteiger partial charge in [0.05, 0.1) is 17.4 Å². The van der Waals surface area contributed by atoms with Crippen molar-refractivity contribution in [3.63, 3.8) is 0 Å². The number of aromatic nitrogens is 3. The van der Waals surface area contributed by atoms with Gasteiger partial charge in [0.1, 0.15) is 23.9 Å². The number of halogens is 1. The molecule has 1 unspecified atom stereocenters. The Balaban J connectivity index is 1.39. The Morgan fingerprint density at radius 1 is 1.26 bits per heavy atom. The van der Waals surface area contributed by atoms with E-state index in [-0.39, 0.29) is 36.9 Å². The van der Waals surface area contributed by atoms with Gasteiger partial charge < -0.3 is 9.64 Å². The standard InChI is InChI=1S/C25H26ClN5O3/c1-16(2)25-27-10-12-30(25)22-7-3-5-18(28-22)19-6-4-11-29(19)23(32)14-31-20-13-17(26)8-9-21(20)34-15-24(31)33/h3,5,7-10,12-13,16,19H,4,6,11,14-15H2,1-2H3. The van der Waals surface area contributed by atoms with E-state index in [0.717, 1.165) is 30.2 Å². The van der Waals surface area contributed by atoms with Crippen LogP contribution >= 0.6 is 11.6 Å². The highest BCUT2D eigenvalue weighted by Gasteiger charge is 2.35. The second-order valence-corrected chi connectivity index (χ2v) is 9.29. The van der Waals surface area contributed by atoms with Crippen LogP contribution in [0.1, 0.15) is 50.2 Å². The summed E-state index contributed by atoms with van der Waals surface area (Å²) in [6.07, 6.45) is 5.39. The van der Waals surface area contributed by atoms with Crippen molar-refractivity contribution < 1.29 is 14.3 Å². The minimum Gasteiger partial charge on any atom is -0.482 e. The lowest BCUT2D eigenvalue weighted by Gasteiger charge is -2.32. The first-order valence-corrected chi connectivity index (χ1v) is 11.8. The first kappa shape index (κ1) is 22.4. The van der Waals surface area contributed by atoms with Crippen LogP contribution in [0.4, 0.5) is 5.69 Å². The fourth-order valence-electron chi connectivity index (χ4n) is 4.64. The number of amides is 2. The topological polar surface area (TPSA) is 80.6 Å². The number of ether oxygens (including phenoxy) is 1. The van der Waals surface area contributed by atoms with Gasteiger partial charge in [0, 0.05) is 29.9 Å². The molecule has 0 radical (unpaired) electrons. The number of hydrogen-bond acceptors (Lipinski definition) is 5. The predicted molar refractivity (Wildman–Crippen MR) is 128 cm³/mol. The maximum absolute atomic E-state index is 13.4. The smallest absolute Gasteiger partial charge is 0.265 e. The van der Waals surface area contributed by atoms with Crippen LogP contribution in [-0.4, -0.2) is 50.9 Å². The quantitative estimate of drug-likeness (QED) is 0.549. The van der Waals surface area contributed by atoms with Crippen molar-refractivity contribution in [1.82, 2.24) is 19.4 Å². The molecule has 1 atom stereocenters. The van der Waals surface area contributed by atoms with Crippen molar-refractivity contribution in [3.05, 3.63) is 65.3 Å². The molecule has 2 aliphatic rings. The van der Waals surface area contributed by atoms with Crippen molar-refractivity contribution in [2.45, 2.75) is 38.6 Å². The number of carbonyl (C=O) groups excluding carboxylic acids is 2. The number of benzene rings is 1. The van der Waals surface area contributed by atoms with Crippen LogP contribution in [0, 0.1) is 0 Å². The zero-order valence-corrected chi connectivity index (χ0v) is 19.9. The molecule has 0 aliphatic carbocycles. The molecule has 5 rings (SSSR count). The number of imidazole rings is 1. The van der Waals surface area contributed by atoms with Crippen LogP contribution in [0.25, 0.3) is 5.82 Å². The van der Waals surface area contributed by atoms with E-state index in [1.54, 1.807) is 24.4 Å². The average Bonchev–Trinajstić information content (AvgIpc) is 3.51. The molecule has 2 aliphatic heterocycles. The third-order valence-electron chi connectivity index (χ3n) is 6.26. The van der Waals surface area contributed by atoms with E-state index < -0.39 is 0 Å². The highest BCUT2D eigenvalue weighted by Crippen LogP contribution is 2.36. The molecule has 3 aromatic rings. The van der Waals surface area contributed by atoms with Crippen molar-refractivity contribution in [2.24, 2.45) is 0 Å². The van der Waals surface area contributed by atoms with E-state index in [4.69, 9.17) is 21.3 Å². The molecule has 1 fully saturated rings. The lowest BCUT2D eigenvalue weighted by molar-refractivity contribution is -0.132. The molecule has 8 nitrogen and oxygen atoms in total. The van der Waals surface area contributed by atoms with Gasteiger partial charge in [-0.25, -0.2) is 9.97 Å². The van der Waals surface area contributed by atoms with Crippen molar-refractivity contribution in [1.29, 1.82) is 0 Å². The molecular formula is C25H26ClN5O3. The monoisotopic (exact) mass is 479 g/mol. The highest BCUT2D eigenvalue weighted by molar-refractivity contribution is 6.31. The summed E-state index contributed by atoms with van der Waals surface area (Å²) in [6, 6.07) is 10.8. The number of fused-ring (bicyclic) bond motifs is 1. The van der Waals surface area contributed by atoms with E-state index in [1.807, 2.05) is 33.9 Å². The molecule has 2 aromatic heterocycles. The molecule has 1 saturated heterocycles. The minimum absolute atomic E-state index is 0.0647. The van der Waals surface area contributed by atoms with Crippen LogP contribution in [0.3, 0.4) is 0 Å². The maximum Gasteiger partial charge on any atom is 0.265 e. The zero-order chi connectivity index (χ0) is 23.8. The Morgan fingerprint density at radius 3 is 2.94 bits per heavy atom. The first-order chi connectivity index (χ1) is 16.4. The van der Waals surface area contributed by atoms with Crippen LogP contribution in [-0.2, 0) is 9.59 Å². The molecule has 34 heavy (non-hydrogen) atoms. The Labute approximate surface area is 203 Å². The summed E-state index contributed by atoms with van der Waals surface area (Å²) in [4.78, 5) is 38.7. The number of anilines is 1. The van der Waals surface area contributed by atoms with Crippen LogP contribution in [0.5, 0.6) is 5.75 Å². The summed E-state index contributed by atoms with van der Waals surface area (Å²) in [5.74, 6) is 2.14. The number of rotatable bonds is 5. The summed E-state index contributed by atoms with van der Waals surface area (Å²) < 4.78 is 7.49. The fourth-order valence-corrected chi connectivity index (χ4v) is 4.81. The molecule has 0 spiro atoms. The van der Waals surface area contributed by atoms with Gasteiger partial charge in [0.2, 0.25) is 5.91 Å². The van der Waals surface area contributed by atoms with Gasteiger partial charge in [-0.1, -0.05) is 31.5 Å². The molecule has 2 amide bonds. The number of likely N-dealkylation sites (tertiary alicyclic amines) is 1. The predicted octanol–water partition coefficient (Wildman–Crippen LogP) is 4.13. The lowest BCUT2D eigenvalue weighted by atomic mass is 10.1. The molecule has 0 N–H and O–H groups in total. The van der Waals surface area contributed by atoms with Gasteiger partial charge in [0.25, 0.3) is 5.91 Å². The largest absolute Gasteiger partial charge is 0.482 e. The molecule has 1 aromatic carbocycles. The Hall–Kier alpha value is -3.39. The van der Waals surface area contributed by atoms with Gasteiger partial charge in [-0.3, -0.25) is 19.1 Å². The van der Waals surface area contributed by atoms with E-state index in [2.05, 4.69) is 18.8 Å². The Bertz CT molecular complexity index is 1240. The zero-order valence-electron chi connectivity index (χ0n) is 19.1. The molecule has 0 saturated carbocycles. The van der Waals surface area contributed by atoms with Crippen molar-refractivity contribution in [3.8, 4) is 11.6 Å². The van der Waals surface area contributed by atoms with E-state index in [9.17, 15) is 9.59 Å². The SMILES string of the molecule is CC(C)c1nccn1-c1cccc(C2CCCN2C(=O)CN2C(=O)COc3ccc(Cl)cc32)n1. The molecule has 4 heterocycles. The molecule has 0 bridgehead atoms. The number of carbonyl (C=O) groups is 2. The number of hydrogen-bond donors (Lipinski definition) is 0. The molecule has 176 valence electrons. The van der Waals surface area contributed by atoms with Crippen LogP contribution < -0.4 is 9.64 Å². The summed E-state index contributed by atoms with van der Waals surface area (Å²) in [5.41, 5.74) is 1.36. The average molecular weight is 480 g/mol. The first-order valence-electron chi connectivity index (χ1n) is 11.4. The summed E-state index contributed by atoms with van der Waals surface area (Å²) >= 11 is 6.14. The Morgan fingerprint density at radius 2 is 2.12 bits per heavy atom. The van der Waals surface area contributed by atoms with Gasteiger partial charge in [-0.2, -0.15) is 0 Å². The summed E-state index contributed by atoms with van der Waals surface area (Å²) in [7, 11) is 0. The lowest BCUT2D eigenvalue weighted by Crippen LogP contribution is -2.46. The molecule has 9 heteroatoms. The van der Waals surface area contributed by atoms with Gasteiger partial charge in [-0.15, -0.1) is 0 Å². The summed E-state index contributed by atoms with van der Waals surface area (Å²) in [6.45, 7) is 4.65. The third-order valence-corrected chi connectivity index (χ3v) is 6.50. The summed E-state index contributed by atoms with van der Waals surface area (Å²) in [5, 5.41) is 0.481. The second-order valence-electron chi connectivity index (χ2n) is 8.86. The van der Waals surface area contributed by atoms with Crippen LogP contribution in [0.2, 0.25) is 5.02 Å². The van der Waals surface area contributed by atoms with E-state index in [0.29, 0.717) is 23.0 Å². The van der Waals surface area contributed by atoms with Gasteiger partial charge >= 0.3 is 0 Å². The number of nitrogens with zero attached hydrogens (tertiary/aromatic N) is 5. The Kier molecular flexibility index (Phi) is 6.00. The molecular weight excluding hydrogens is 454 g/mol. The highest BCUT2D eigenvalue weighted by atomic mass is 35.5. The third kappa shape index (κ3) is 4.14. The minimum atomic E-state index is -0.264. The fraction of sp³-hybridized carbons (Fsp3) is 0.360. The van der Waals surface area contributed by atoms with E-state index >= 15 is 0 Å². The van der Waals surface area contributed by atoms with Crippen molar-refractivity contribution in [2.75, 3.05) is 24.6 Å². The van der Waals surface area contributed by atoms with Gasteiger partial charge in [0.15, 0.2) is 6.61 Å². The number of pyridine rings is 1. The van der Waals surface area contributed by atoms with Crippen LogP contribution in [0.15, 0.2) is 48.8 Å². The normalized spacial score (nSPS) is 17.8. The second kappa shape index (κ2) is 9.10. The van der Waals surface area contributed by atoms with Gasteiger partial charge in [-0.05, 0) is 43.2 Å². The van der Waals surface area contributed by atoms with Crippen molar-refractivity contribution >= 4 is 29.1 Å². The van der Waals surface area contributed by atoms with E-state index in [1.165, 1.54) is 4.90 Å². The maximum atomic E-state index is 13.4.